The van der Waals surface area contributed by atoms with Crippen molar-refractivity contribution in [3.8, 4) is 5.75 Å². The molecule has 1 unspecified atom stereocenters. The smallest absolute Gasteiger partial charge is 0.226 e. The first-order chi connectivity index (χ1) is 5.33. The van der Waals surface area contributed by atoms with Gasteiger partial charge in [0.05, 0.1) is 0 Å². The van der Waals surface area contributed by atoms with Crippen molar-refractivity contribution in [1.82, 2.24) is 0 Å². The minimum Gasteiger partial charge on any atom is -0.466 e. The molecule has 1 rings (SSSR count). The summed E-state index contributed by atoms with van der Waals surface area (Å²) in [4.78, 5) is 9.93. The molecule has 11 heavy (non-hydrogen) atoms. The van der Waals surface area contributed by atoms with E-state index in [0.29, 0.717) is 5.75 Å². The molecule has 0 aromatic heterocycles. The van der Waals surface area contributed by atoms with Gasteiger partial charge in [-0.2, -0.15) is 0 Å². The number of ether oxygens (including phenoxy) is 1. The van der Waals surface area contributed by atoms with Crippen molar-refractivity contribution in [2.24, 2.45) is 5.18 Å². The van der Waals surface area contributed by atoms with Gasteiger partial charge in [0.2, 0.25) is 6.23 Å². The van der Waals surface area contributed by atoms with Gasteiger partial charge in [-0.1, -0.05) is 18.2 Å². The quantitative estimate of drug-likeness (QED) is 0.621. The van der Waals surface area contributed by atoms with Crippen LogP contribution in [0, 0.1) is 4.91 Å². The molecular weight excluding hydrogens is 142 g/mol. The second-order valence-corrected chi connectivity index (χ2v) is 2.14. The highest BCUT2D eigenvalue weighted by atomic mass is 16.5. The van der Waals surface area contributed by atoms with Crippen LogP contribution in [0.15, 0.2) is 35.5 Å². The molecule has 1 atom stereocenters. The molecule has 0 bridgehead atoms. The molecule has 0 aliphatic heterocycles. The molecule has 3 nitrogen and oxygen atoms in total. The van der Waals surface area contributed by atoms with Crippen molar-refractivity contribution in [2.75, 3.05) is 0 Å². The first-order valence-corrected chi connectivity index (χ1v) is 3.37. The summed E-state index contributed by atoms with van der Waals surface area (Å²) >= 11 is 0. The third-order valence-electron chi connectivity index (χ3n) is 1.20. The van der Waals surface area contributed by atoms with Crippen molar-refractivity contribution >= 4 is 0 Å². The van der Waals surface area contributed by atoms with E-state index in [2.05, 4.69) is 5.18 Å². The summed E-state index contributed by atoms with van der Waals surface area (Å²) in [5, 5.41) is 2.71. The second-order valence-electron chi connectivity index (χ2n) is 2.14. The Morgan fingerprint density at radius 3 is 2.55 bits per heavy atom. The van der Waals surface area contributed by atoms with E-state index in [-0.39, 0.29) is 0 Å². The standard InChI is InChI=1S/C8H9NO2/c1-7(9-10)11-8-5-3-2-4-6-8/h2-7H,1H3. The average molecular weight is 151 g/mol. The highest BCUT2D eigenvalue weighted by molar-refractivity contribution is 5.21. The Kier molecular flexibility index (Phi) is 2.60. The molecule has 0 heterocycles. The maximum Gasteiger partial charge on any atom is 0.226 e. The summed E-state index contributed by atoms with van der Waals surface area (Å²) in [6.45, 7) is 1.60. The highest BCUT2D eigenvalue weighted by Gasteiger charge is 1.99. The minimum absolute atomic E-state index is 0.614. The minimum atomic E-state index is -0.614. The SMILES string of the molecule is CC(N=O)Oc1ccccc1. The molecule has 0 fully saturated rings. The van der Waals surface area contributed by atoms with Crippen LogP contribution < -0.4 is 4.74 Å². The van der Waals surface area contributed by atoms with Crippen molar-refractivity contribution in [3.05, 3.63) is 35.2 Å². The number of hydrogen-bond donors (Lipinski definition) is 0. The van der Waals surface area contributed by atoms with E-state index < -0.39 is 6.23 Å². The van der Waals surface area contributed by atoms with E-state index in [4.69, 9.17) is 4.74 Å². The van der Waals surface area contributed by atoms with Gasteiger partial charge in [0.1, 0.15) is 5.75 Å². The fourth-order valence-electron chi connectivity index (χ4n) is 0.718. The molecule has 0 amide bonds. The molecule has 1 aromatic carbocycles. The van der Waals surface area contributed by atoms with E-state index in [9.17, 15) is 4.91 Å². The average Bonchev–Trinajstić information content (AvgIpc) is 2.06. The first kappa shape index (κ1) is 7.72. The Labute approximate surface area is 65.0 Å². The highest BCUT2D eigenvalue weighted by Crippen LogP contribution is 2.10. The molecular formula is C8H9NO2. The summed E-state index contributed by atoms with van der Waals surface area (Å²) in [6.07, 6.45) is -0.614. The predicted molar refractivity (Wildman–Crippen MR) is 42.3 cm³/mol. The Morgan fingerprint density at radius 2 is 2.00 bits per heavy atom. The zero-order valence-electron chi connectivity index (χ0n) is 6.23. The molecule has 0 N–H and O–H groups in total. The van der Waals surface area contributed by atoms with Crippen LogP contribution in [0.4, 0.5) is 0 Å². The van der Waals surface area contributed by atoms with Crippen LogP contribution in [0.25, 0.3) is 0 Å². The fraction of sp³-hybridized carbons (Fsp3) is 0.250. The molecule has 3 heteroatoms. The molecule has 0 aliphatic carbocycles. The summed E-state index contributed by atoms with van der Waals surface area (Å²) in [6, 6.07) is 9.12. The first-order valence-electron chi connectivity index (χ1n) is 3.37. The monoisotopic (exact) mass is 151 g/mol. The van der Waals surface area contributed by atoms with Gasteiger partial charge >= 0.3 is 0 Å². The van der Waals surface area contributed by atoms with Gasteiger partial charge in [0.15, 0.2) is 0 Å². The lowest BCUT2D eigenvalue weighted by Crippen LogP contribution is -2.06. The van der Waals surface area contributed by atoms with Crippen molar-refractivity contribution < 1.29 is 4.74 Å². The van der Waals surface area contributed by atoms with Crippen LogP contribution in [0.1, 0.15) is 6.92 Å². The number of para-hydroxylation sites is 1. The van der Waals surface area contributed by atoms with Crippen molar-refractivity contribution in [3.63, 3.8) is 0 Å². The van der Waals surface area contributed by atoms with Gasteiger partial charge in [-0.25, -0.2) is 0 Å². The molecule has 0 saturated carbocycles. The number of nitrogens with zero attached hydrogens (tertiary/aromatic N) is 1. The normalized spacial score (nSPS) is 12.1. The Morgan fingerprint density at radius 1 is 1.36 bits per heavy atom. The zero-order chi connectivity index (χ0) is 8.10. The summed E-state index contributed by atoms with van der Waals surface area (Å²) < 4.78 is 5.08. The largest absolute Gasteiger partial charge is 0.466 e. The van der Waals surface area contributed by atoms with E-state index in [1.807, 2.05) is 18.2 Å². The van der Waals surface area contributed by atoms with Crippen LogP contribution >= 0.6 is 0 Å². The Hall–Kier alpha value is -1.38. The molecule has 0 saturated heterocycles. The molecule has 0 aliphatic rings. The zero-order valence-corrected chi connectivity index (χ0v) is 6.23. The van der Waals surface area contributed by atoms with Gasteiger partial charge in [-0.05, 0) is 24.2 Å². The van der Waals surface area contributed by atoms with Crippen LogP contribution in [-0.4, -0.2) is 6.23 Å². The van der Waals surface area contributed by atoms with E-state index in [0.717, 1.165) is 0 Å². The van der Waals surface area contributed by atoms with E-state index in [1.165, 1.54) is 0 Å². The number of benzene rings is 1. The number of hydrogen-bond acceptors (Lipinski definition) is 3. The molecule has 1 aromatic rings. The topological polar surface area (TPSA) is 38.7 Å². The molecule has 0 spiro atoms. The van der Waals surface area contributed by atoms with Gasteiger partial charge in [0, 0.05) is 0 Å². The third kappa shape index (κ3) is 2.37. The second kappa shape index (κ2) is 3.71. The van der Waals surface area contributed by atoms with Crippen molar-refractivity contribution in [2.45, 2.75) is 13.2 Å². The molecule has 58 valence electrons. The predicted octanol–water partition coefficient (Wildman–Crippen LogP) is 2.18. The van der Waals surface area contributed by atoms with E-state index >= 15 is 0 Å². The molecule has 0 radical (unpaired) electrons. The van der Waals surface area contributed by atoms with Gasteiger partial charge < -0.3 is 4.74 Å². The van der Waals surface area contributed by atoms with E-state index in [1.54, 1.807) is 19.1 Å². The van der Waals surface area contributed by atoms with Crippen LogP contribution in [0.3, 0.4) is 0 Å². The number of rotatable bonds is 3. The summed E-state index contributed by atoms with van der Waals surface area (Å²) in [5.74, 6) is 0.666. The lowest BCUT2D eigenvalue weighted by Gasteiger charge is -2.05. The van der Waals surface area contributed by atoms with Crippen LogP contribution in [0.5, 0.6) is 5.75 Å². The lowest BCUT2D eigenvalue weighted by atomic mass is 10.3. The van der Waals surface area contributed by atoms with Gasteiger partial charge in [0.25, 0.3) is 0 Å². The maximum absolute atomic E-state index is 9.93. The Balaban J connectivity index is 2.57. The summed E-state index contributed by atoms with van der Waals surface area (Å²) in [7, 11) is 0. The summed E-state index contributed by atoms with van der Waals surface area (Å²) in [5.41, 5.74) is 0. The van der Waals surface area contributed by atoms with Crippen LogP contribution in [-0.2, 0) is 0 Å². The van der Waals surface area contributed by atoms with Crippen molar-refractivity contribution in [1.29, 1.82) is 0 Å². The lowest BCUT2D eigenvalue weighted by molar-refractivity contribution is 0.230. The fourth-order valence-corrected chi connectivity index (χ4v) is 0.718. The number of nitroso groups, excluding NO2 is 1. The maximum atomic E-state index is 9.93. The Bertz CT molecular complexity index is 223. The van der Waals surface area contributed by atoms with Gasteiger partial charge in [-0.3, -0.25) is 0 Å². The third-order valence-corrected chi connectivity index (χ3v) is 1.20. The van der Waals surface area contributed by atoms with Gasteiger partial charge in [-0.15, -0.1) is 4.91 Å². The van der Waals surface area contributed by atoms with Crippen LogP contribution in [0.2, 0.25) is 0 Å².